The lowest BCUT2D eigenvalue weighted by Crippen LogP contribution is -2.02. The van der Waals surface area contributed by atoms with Crippen LogP contribution >= 0.6 is 22.7 Å². The Morgan fingerprint density at radius 1 is 0.319 bits per heavy atom. The summed E-state index contributed by atoms with van der Waals surface area (Å²) < 4.78 is 13.7. The van der Waals surface area contributed by atoms with Crippen LogP contribution in [-0.2, 0) is 0 Å². The Bertz CT molecular complexity index is 4730. The molecule has 7 heteroatoms. The zero-order chi connectivity index (χ0) is 47.0. The SMILES string of the molecule is c1ccc2cc3c(cc2c1)c1cc2ccccc2cc1n3-c1ccc(-c2nc(-c3cccc4sc5ccccc5c34)nc(-c3cccc4sc5ccccc5c34)n2)c(-c2ccc3oc4ccccc4c3c2)c1. The first kappa shape index (κ1) is 39.8. The smallest absolute Gasteiger partial charge is 0.164 e. The topological polar surface area (TPSA) is 56.7 Å². The molecule has 0 saturated carbocycles. The summed E-state index contributed by atoms with van der Waals surface area (Å²) in [5.41, 5.74) is 9.92. The normalized spacial score (nSPS) is 12.2. The third-order valence-electron chi connectivity index (χ3n) is 14.6. The molecule has 0 aliphatic carbocycles. The van der Waals surface area contributed by atoms with Crippen LogP contribution in [0, 0.1) is 0 Å². The Labute approximate surface area is 419 Å². The van der Waals surface area contributed by atoms with Crippen molar-refractivity contribution in [1.82, 2.24) is 19.5 Å². The Hall–Kier alpha value is -9.01. The summed E-state index contributed by atoms with van der Waals surface area (Å²) in [5, 5.41) is 14.1. The van der Waals surface area contributed by atoms with E-state index in [0.29, 0.717) is 17.5 Å². The van der Waals surface area contributed by atoms with Crippen molar-refractivity contribution >= 4 is 128 Å². The largest absolute Gasteiger partial charge is 0.456 e. The third-order valence-corrected chi connectivity index (χ3v) is 16.9. The first-order valence-electron chi connectivity index (χ1n) is 24.1. The van der Waals surface area contributed by atoms with Gasteiger partial charge < -0.3 is 8.98 Å². The van der Waals surface area contributed by atoms with Gasteiger partial charge in [-0.05, 0) is 118 Å². The molecule has 16 aromatic rings. The van der Waals surface area contributed by atoms with Crippen molar-refractivity contribution in [3.63, 3.8) is 0 Å². The van der Waals surface area contributed by atoms with Crippen LogP contribution in [0.2, 0.25) is 0 Å². The average Bonchev–Trinajstić information content (AvgIpc) is 4.20. The molecule has 72 heavy (non-hydrogen) atoms. The number of hydrogen-bond acceptors (Lipinski definition) is 6. The van der Waals surface area contributed by atoms with E-state index in [9.17, 15) is 0 Å². The number of benzene rings is 11. The van der Waals surface area contributed by atoms with E-state index in [4.69, 9.17) is 19.4 Å². The van der Waals surface area contributed by atoms with Gasteiger partial charge in [-0.15, -0.1) is 22.7 Å². The van der Waals surface area contributed by atoms with Gasteiger partial charge in [0.1, 0.15) is 11.2 Å². The van der Waals surface area contributed by atoms with Crippen LogP contribution in [-0.4, -0.2) is 19.5 Å². The number of thiophene rings is 2. The molecule has 0 fully saturated rings. The quantitative estimate of drug-likeness (QED) is 0.172. The second-order valence-corrected chi connectivity index (χ2v) is 20.8. The van der Waals surface area contributed by atoms with Crippen LogP contribution in [0.3, 0.4) is 0 Å². The van der Waals surface area contributed by atoms with Crippen LogP contribution in [0.15, 0.2) is 223 Å². The molecule has 0 unspecified atom stereocenters. The van der Waals surface area contributed by atoms with E-state index in [0.717, 1.165) is 77.2 Å². The number of para-hydroxylation sites is 1. The molecule has 0 N–H and O–H groups in total. The Balaban J connectivity index is 1.01. The van der Waals surface area contributed by atoms with E-state index in [1.165, 1.54) is 61.9 Å². The minimum absolute atomic E-state index is 0.598. The van der Waals surface area contributed by atoms with Gasteiger partial charge in [0, 0.05) is 84.3 Å². The fourth-order valence-electron chi connectivity index (χ4n) is 11.3. The maximum absolute atomic E-state index is 6.42. The Morgan fingerprint density at radius 3 is 1.40 bits per heavy atom. The molecule has 0 atom stereocenters. The fraction of sp³-hybridized carbons (Fsp3) is 0. The Kier molecular flexibility index (Phi) is 8.43. The van der Waals surface area contributed by atoms with Crippen LogP contribution in [0.25, 0.3) is 157 Å². The monoisotopic (exact) mass is 952 g/mol. The van der Waals surface area contributed by atoms with Gasteiger partial charge in [0.05, 0.1) is 11.0 Å². The lowest BCUT2D eigenvalue weighted by Gasteiger charge is -2.16. The predicted octanol–water partition coefficient (Wildman–Crippen LogP) is 18.6. The van der Waals surface area contributed by atoms with Gasteiger partial charge in [0.15, 0.2) is 17.5 Å². The molecule has 0 radical (unpaired) electrons. The first-order chi connectivity index (χ1) is 35.6. The summed E-state index contributed by atoms with van der Waals surface area (Å²) in [4.78, 5) is 16.6. The molecule has 0 amide bonds. The minimum atomic E-state index is 0.598. The van der Waals surface area contributed by atoms with Crippen molar-refractivity contribution < 1.29 is 4.42 Å². The molecule has 11 aromatic carbocycles. The standard InChI is InChI=1S/C65H36N4OS2/c1-3-15-39-34-53-50(31-37(39)13-1)51-32-38-14-2-4-16-40(38)35-54(51)69(53)42-28-29-44(49(36-42)41-27-30-56-52(33-41)43-17-5-8-22-55(43)70-56)63-66-64(47-20-11-25-59-61(47)45-18-6-9-23-57(45)71-59)68-65(67-63)48-21-12-26-60-62(48)46-19-7-10-24-58(46)72-60/h1-36H. The number of nitrogens with zero attached hydrogens (tertiary/aromatic N) is 4. The molecular formula is C65H36N4OS2. The maximum atomic E-state index is 6.42. The summed E-state index contributed by atoms with van der Waals surface area (Å²) >= 11 is 3.60. The highest BCUT2D eigenvalue weighted by Gasteiger charge is 2.23. The summed E-state index contributed by atoms with van der Waals surface area (Å²) in [6.07, 6.45) is 0. The number of rotatable bonds is 5. The van der Waals surface area contributed by atoms with Gasteiger partial charge in [-0.3, -0.25) is 0 Å². The molecule has 5 heterocycles. The lowest BCUT2D eigenvalue weighted by atomic mass is 9.96. The lowest BCUT2D eigenvalue weighted by molar-refractivity contribution is 0.669. The first-order valence-corrected chi connectivity index (χ1v) is 25.8. The number of hydrogen-bond donors (Lipinski definition) is 0. The molecule has 334 valence electrons. The number of fused-ring (bicyclic) bond motifs is 14. The summed E-state index contributed by atoms with van der Waals surface area (Å²) in [7, 11) is 0. The van der Waals surface area contributed by atoms with Crippen molar-refractivity contribution in [2.24, 2.45) is 0 Å². The minimum Gasteiger partial charge on any atom is -0.456 e. The molecule has 5 nitrogen and oxygen atoms in total. The van der Waals surface area contributed by atoms with Crippen molar-refractivity contribution in [3.8, 4) is 51.0 Å². The summed E-state index contributed by atoms with van der Waals surface area (Å²) in [6, 6.07) is 78.7. The Morgan fingerprint density at radius 2 is 0.806 bits per heavy atom. The highest BCUT2D eigenvalue weighted by atomic mass is 32.1. The van der Waals surface area contributed by atoms with Gasteiger partial charge in [-0.2, -0.15) is 0 Å². The molecule has 0 saturated heterocycles. The van der Waals surface area contributed by atoms with Crippen LogP contribution in [0.4, 0.5) is 0 Å². The zero-order valence-corrected chi connectivity index (χ0v) is 39.9. The van der Waals surface area contributed by atoms with Gasteiger partial charge in [0.2, 0.25) is 0 Å². The van der Waals surface area contributed by atoms with Crippen molar-refractivity contribution in [1.29, 1.82) is 0 Å². The molecule has 0 bridgehead atoms. The highest BCUT2D eigenvalue weighted by Crippen LogP contribution is 2.45. The number of furan rings is 1. The third kappa shape index (κ3) is 5.95. The van der Waals surface area contributed by atoms with E-state index in [1.807, 2.05) is 12.1 Å². The molecule has 16 rings (SSSR count). The van der Waals surface area contributed by atoms with Gasteiger partial charge in [-0.1, -0.05) is 133 Å². The summed E-state index contributed by atoms with van der Waals surface area (Å²) in [6.45, 7) is 0. The maximum Gasteiger partial charge on any atom is 0.164 e. The number of aromatic nitrogens is 4. The van der Waals surface area contributed by atoms with Crippen molar-refractivity contribution in [2.45, 2.75) is 0 Å². The molecule has 5 aromatic heterocycles. The van der Waals surface area contributed by atoms with Crippen molar-refractivity contribution in [2.75, 3.05) is 0 Å². The predicted molar refractivity (Wildman–Crippen MR) is 304 cm³/mol. The van der Waals surface area contributed by atoms with Crippen LogP contribution in [0.5, 0.6) is 0 Å². The van der Waals surface area contributed by atoms with Gasteiger partial charge >= 0.3 is 0 Å². The van der Waals surface area contributed by atoms with E-state index in [2.05, 4.69) is 211 Å². The van der Waals surface area contributed by atoms with E-state index in [1.54, 1.807) is 22.7 Å². The molecular weight excluding hydrogens is 917 g/mol. The average molecular weight is 953 g/mol. The van der Waals surface area contributed by atoms with Crippen LogP contribution in [0.1, 0.15) is 0 Å². The zero-order valence-electron chi connectivity index (χ0n) is 38.3. The van der Waals surface area contributed by atoms with Crippen LogP contribution < -0.4 is 0 Å². The highest BCUT2D eigenvalue weighted by molar-refractivity contribution is 7.26. The second kappa shape index (κ2) is 15.2. The van der Waals surface area contributed by atoms with Crippen molar-refractivity contribution in [3.05, 3.63) is 218 Å². The molecule has 0 spiro atoms. The van der Waals surface area contributed by atoms with E-state index >= 15 is 0 Å². The van der Waals surface area contributed by atoms with E-state index in [-0.39, 0.29) is 0 Å². The fourth-order valence-corrected chi connectivity index (χ4v) is 13.6. The second-order valence-electron chi connectivity index (χ2n) is 18.7. The van der Waals surface area contributed by atoms with Gasteiger partial charge in [-0.25, -0.2) is 15.0 Å². The van der Waals surface area contributed by atoms with E-state index < -0.39 is 0 Å². The van der Waals surface area contributed by atoms with Gasteiger partial charge in [0.25, 0.3) is 0 Å². The molecule has 0 aliphatic rings. The molecule has 0 aliphatic heterocycles. The summed E-state index contributed by atoms with van der Waals surface area (Å²) in [5.74, 6) is 1.86.